The van der Waals surface area contributed by atoms with Crippen LogP contribution in [0.15, 0.2) is 24.3 Å². The molecular formula is C17H27N3O3S. The molecule has 24 heavy (non-hydrogen) atoms. The number of sulfone groups is 1. The van der Waals surface area contributed by atoms with Crippen LogP contribution < -0.4 is 5.32 Å². The molecule has 1 aliphatic heterocycles. The summed E-state index contributed by atoms with van der Waals surface area (Å²) in [5.74, 6) is 0.114. The summed E-state index contributed by atoms with van der Waals surface area (Å²) in [4.78, 5) is 16.2. The van der Waals surface area contributed by atoms with Crippen LogP contribution in [0.5, 0.6) is 0 Å². The van der Waals surface area contributed by atoms with Crippen molar-refractivity contribution in [3.05, 3.63) is 35.4 Å². The van der Waals surface area contributed by atoms with Gasteiger partial charge in [0.2, 0.25) is 0 Å². The van der Waals surface area contributed by atoms with Crippen LogP contribution in [0.1, 0.15) is 18.1 Å². The van der Waals surface area contributed by atoms with E-state index < -0.39 is 9.84 Å². The number of amides is 2. The predicted molar refractivity (Wildman–Crippen MR) is 95.8 cm³/mol. The highest BCUT2D eigenvalue weighted by molar-refractivity contribution is 7.91. The molecular weight excluding hydrogens is 326 g/mol. The number of benzene rings is 1. The van der Waals surface area contributed by atoms with E-state index in [0.717, 1.165) is 19.6 Å². The first-order valence-electron chi connectivity index (χ1n) is 8.41. The van der Waals surface area contributed by atoms with Crippen LogP contribution in [0, 0.1) is 6.92 Å². The third-order valence-corrected chi connectivity index (χ3v) is 5.98. The van der Waals surface area contributed by atoms with E-state index in [2.05, 4.69) is 41.4 Å². The van der Waals surface area contributed by atoms with Crippen LogP contribution in [0.3, 0.4) is 0 Å². The summed E-state index contributed by atoms with van der Waals surface area (Å²) in [6, 6.07) is 8.30. The summed E-state index contributed by atoms with van der Waals surface area (Å²) in [6.07, 6.45) is 0. The molecule has 1 fully saturated rings. The number of nitrogens with one attached hydrogen (secondary N) is 1. The fourth-order valence-electron chi connectivity index (χ4n) is 2.75. The third kappa shape index (κ3) is 5.79. The summed E-state index contributed by atoms with van der Waals surface area (Å²) in [6.45, 7) is 7.76. The van der Waals surface area contributed by atoms with Crippen LogP contribution in [0.4, 0.5) is 4.79 Å². The SMILES string of the molecule is CCS(=O)(=O)CCNC(=O)N1CCN(Cc2cccc(C)c2)CC1. The first kappa shape index (κ1) is 18.7. The number of carbonyl (C=O) groups excluding carboxylic acids is 1. The Balaban J connectivity index is 1.73. The molecule has 0 aliphatic carbocycles. The zero-order valence-corrected chi connectivity index (χ0v) is 15.3. The normalized spacial score (nSPS) is 16.2. The van der Waals surface area contributed by atoms with Gasteiger partial charge in [-0.1, -0.05) is 36.8 Å². The first-order chi connectivity index (χ1) is 11.4. The molecule has 0 aromatic heterocycles. The molecule has 0 saturated carbocycles. The van der Waals surface area contributed by atoms with E-state index in [1.54, 1.807) is 11.8 Å². The molecule has 0 bridgehead atoms. The summed E-state index contributed by atoms with van der Waals surface area (Å²) in [7, 11) is -3.03. The lowest BCUT2D eigenvalue weighted by atomic mass is 10.1. The Morgan fingerprint density at radius 3 is 2.54 bits per heavy atom. The largest absolute Gasteiger partial charge is 0.337 e. The van der Waals surface area contributed by atoms with Crippen LogP contribution in [-0.4, -0.2) is 68.5 Å². The highest BCUT2D eigenvalue weighted by Crippen LogP contribution is 2.10. The molecule has 1 saturated heterocycles. The average molecular weight is 353 g/mol. The Hall–Kier alpha value is -1.60. The van der Waals surface area contributed by atoms with Crippen molar-refractivity contribution in [3.63, 3.8) is 0 Å². The Bertz CT molecular complexity index is 653. The van der Waals surface area contributed by atoms with E-state index in [1.165, 1.54) is 11.1 Å². The van der Waals surface area contributed by atoms with Gasteiger partial charge < -0.3 is 10.2 Å². The number of hydrogen-bond acceptors (Lipinski definition) is 4. The zero-order chi connectivity index (χ0) is 17.6. The topological polar surface area (TPSA) is 69.7 Å². The molecule has 0 spiro atoms. The summed E-state index contributed by atoms with van der Waals surface area (Å²) >= 11 is 0. The molecule has 0 unspecified atom stereocenters. The third-order valence-electron chi connectivity index (χ3n) is 4.28. The van der Waals surface area contributed by atoms with Gasteiger partial charge in [-0.05, 0) is 12.5 Å². The summed E-state index contributed by atoms with van der Waals surface area (Å²) < 4.78 is 22.9. The van der Waals surface area contributed by atoms with Crippen LogP contribution >= 0.6 is 0 Å². The quantitative estimate of drug-likeness (QED) is 0.836. The molecule has 1 N–H and O–H groups in total. The minimum absolute atomic E-state index is 0.00254. The molecule has 2 amide bonds. The standard InChI is InChI=1S/C17H27N3O3S/c1-3-24(22,23)12-7-18-17(21)20-10-8-19(9-11-20)14-16-6-4-5-15(2)13-16/h4-6,13H,3,7-12,14H2,1-2H3,(H,18,21). The maximum atomic E-state index is 12.1. The first-order valence-corrected chi connectivity index (χ1v) is 10.2. The van der Waals surface area contributed by atoms with Crippen molar-refractivity contribution >= 4 is 15.9 Å². The maximum Gasteiger partial charge on any atom is 0.317 e. The van der Waals surface area contributed by atoms with Gasteiger partial charge in [-0.2, -0.15) is 0 Å². The van der Waals surface area contributed by atoms with Crippen molar-refractivity contribution in [2.75, 3.05) is 44.2 Å². The number of urea groups is 1. The Morgan fingerprint density at radius 2 is 1.92 bits per heavy atom. The Morgan fingerprint density at radius 1 is 1.21 bits per heavy atom. The van der Waals surface area contributed by atoms with Crippen molar-refractivity contribution in [2.45, 2.75) is 20.4 Å². The van der Waals surface area contributed by atoms with Gasteiger partial charge >= 0.3 is 6.03 Å². The number of hydrogen-bond donors (Lipinski definition) is 1. The number of piperazine rings is 1. The summed E-state index contributed by atoms with van der Waals surface area (Å²) in [5, 5.41) is 2.70. The molecule has 1 aromatic rings. The molecule has 1 heterocycles. The minimum Gasteiger partial charge on any atom is -0.337 e. The average Bonchev–Trinajstić information content (AvgIpc) is 2.55. The van der Waals surface area contributed by atoms with Gasteiger partial charge in [-0.15, -0.1) is 0 Å². The fourth-order valence-corrected chi connectivity index (χ4v) is 3.45. The highest BCUT2D eigenvalue weighted by Gasteiger charge is 2.21. The van der Waals surface area contributed by atoms with E-state index in [1.807, 2.05) is 0 Å². The molecule has 0 atom stereocenters. The number of rotatable bonds is 6. The Labute approximate surface area is 144 Å². The van der Waals surface area contributed by atoms with Gasteiger partial charge in [0, 0.05) is 45.0 Å². The molecule has 0 radical (unpaired) electrons. The van der Waals surface area contributed by atoms with Gasteiger partial charge in [0.05, 0.1) is 5.75 Å². The van der Waals surface area contributed by atoms with Crippen molar-refractivity contribution in [1.82, 2.24) is 15.1 Å². The lowest BCUT2D eigenvalue weighted by Crippen LogP contribution is -2.51. The molecule has 6 nitrogen and oxygen atoms in total. The number of nitrogens with zero attached hydrogens (tertiary/aromatic N) is 2. The zero-order valence-electron chi connectivity index (χ0n) is 14.5. The van der Waals surface area contributed by atoms with Crippen molar-refractivity contribution in [2.24, 2.45) is 0 Å². The van der Waals surface area contributed by atoms with Crippen molar-refractivity contribution in [1.29, 1.82) is 0 Å². The molecule has 1 aliphatic rings. The second kappa shape index (κ2) is 8.48. The number of carbonyl (C=O) groups is 1. The monoisotopic (exact) mass is 353 g/mol. The second-order valence-electron chi connectivity index (χ2n) is 6.22. The lowest BCUT2D eigenvalue weighted by Gasteiger charge is -2.34. The van der Waals surface area contributed by atoms with E-state index in [4.69, 9.17) is 0 Å². The minimum atomic E-state index is -3.03. The molecule has 1 aromatic carbocycles. The molecule has 134 valence electrons. The fraction of sp³-hybridized carbons (Fsp3) is 0.588. The highest BCUT2D eigenvalue weighted by atomic mass is 32.2. The number of aryl methyl sites for hydroxylation is 1. The van der Waals surface area contributed by atoms with E-state index in [0.29, 0.717) is 13.1 Å². The van der Waals surface area contributed by atoms with Crippen LogP contribution in [0.25, 0.3) is 0 Å². The van der Waals surface area contributed by atoms with Crippen molar-refractivity contribution < 1.29 is 13.2 Å². The smallest absolute Gasteiger partial charge is 0.317 e. The van der Waals surface area contributed by atoms with Gasteiger partial charge in [-0.3, -0.25) is 4.90 Å². The van der Waals surface area contributed by atoms with Gasteiger partial charge in [0.15, 0.2) is 9.84 Å². The van der Waals surface area contributed by atoms with Gasteiger partial charge in [0.25, 0.3) is 0 Å². The van der Waals surface area contributed by atoms with E-state index >= 15 is 0 Å². The predicted octanol–water partition coefficient (Wildman–Crippen LogP) is 1.26. The van der Waals surface area contributed by atoms with Crippen LogP contribution in [0.2, 0.25) is 0 Å². The Kier molecular flexibility index (Phi) is 6.62. The second-order valence-corrected chi connectivity index (χ2v) is 8.69. The van der Waals surface area contributed by atoms with Crippen LogP contribution in [-0.2, 0) is 16.4 Å². The van der Waals surface area contributed by atoms with E-state index in [9.17, 15) is 13.2 Å². The summed E-state index contributed by atoms with van der Waals surface area (Å²) in [5.41, 5.74) is 2.55. The molecule has 2 rings (SSSR count). The van der Waals surface area contributed by atoms with Crippen molar-refractivity contribution in [3.8, 4) is 0 Å². The maximum absolute atomic E-state index is 12.1. The molecule has 7 heteroatoms. The van der Waals surface area contributed by atoms with Gasteiger partial charge in [-0.25, -0.2) is 13.2 Å². The lowest BCUT2D eigenvalue weighted by molar-refractivity contribution is 0.135. The van der Waals surface area contributed by atoms with E-state index in [-0.39, 0.29) is 24.1 Å². The van der Waals surface area contributed by atoms with Gasteiger partial charge in [0.1, 0.15) is 0 Å².